The minimum Gasteiger partial charge on any atom is -0.354 e. The maximum atomic E-state index is 13.6. The third kappa shape index (κ3) is 3.90. The molecular weight excluding hydrogens is 247 g/mol. The minimum absolute atomic E-state index is 0.339. The van der Waals surface area contributed by atoms with Crippen LogP contribution in [0, 0.1) is 5.82 Å². The molecule has 1 aromatic rings. The van der Waals surface area contributed by atoms with E-state index in [1.165, 1.54) is 20.3 Å². The van der Waals surface area contributed by atoms with Crippen LogP contribution in [0.25, 0.3) is 0 Å². The molecule has 0 bridgehead atoms. The fourth-order valence-corrected chi connectivity index (χ4v) is 1.74. The lowest BCUT2D eigenvalue weighted by Gasteiger charge is -2.24. The third-order valence-corrected chi connectivity index (χ3v) is 2.70. The fourth-order valence-electron chi connectivity index (χ4n) is 1.58. The summed E-state index contributed by atoms with van der Waals surface area (Å²) in [4.78, 5) is 0. The van der Waals surface area contributed by atoms with Crippen molar-refractivity contribution >= 4 is 11.6 Å². The molecule has 1 aromatic carbocycles. The van der Waals surface area contributed by atoms with Crippen LogP contribution in [-0.4, -0.2) is 26.6 Å². The summed E-state index contributed by atoms with van der Waals surface area (Å²) >= 11 is 5.67. The summed E-state index contributed by atoms with van der Waals surface area (Å²) in [6, 6.07) is 4.16. The predicted octanol–water partition coefficient (Wildman–Crippen LogP) is 1.47. The van der Waals surface area contributed by atoms with E-state index in [9.17, 15) is 4.39 Å². The monoisotopic (exact) mass is 262 g/mol. The zero-order valence-corrected chi connectivity index (χ0v) is 10.5. The van der Waals surface area contributed by atoms with E-state index in [1.807, 2.05) is 0 Å². The highest BCUT2D eigenvalue weighted by Crippen LogP contribution is 2.17. The van der Waals surface area contributed by atoms with Gasteiger partial charge in [-0.2, -0.15) is 0 Å². The van der Waals surface area contributed by atoms with Gasteiger partial charge in [0.05, 0.1) is 6.04 Å². The molecule has 1 atom stereocenters. The smallest absolute Gasteiger partial charge is 0.173 e. The molecule has 0 heterocycles. The van der Waals surface area contributed by atoms with Crippen LogP contribution in [0.15, 0.2) is 18.2 Å². The van der Waals surface area contributed by atoms with Gasteiger partial charge in [-0.15, -0.1) is 0 Å². The Hall–Kier alpha value is -0.720. The summed E-state index contributed by atoms with van der Waals surface area (Å²) in [6.07, 6.45) is -0.207. The van der Waals surface area contributed by atoms with Gasteiger partial charge in [-0.1, -0.05) is 17.7 Å². The van der Waals surface area contributed by atoms with Gasteiger partial charge in [0.2, 0.25) is 0 Å². The minimum atomic E-state index is -0.546. The predicted molar refractivity (Wildman–Crippen MR) is 64.0 cm³/mol. The number of nitrogens with one attached hydrogen (secondary N) is 1. The SMILES string of the molecule is COC(OC)C(Cc1ccc(Cl)cc1F)NN. The van der Waals surface area contributed by atoms with Crippen molar-refractivity contribution in [2.24, 2.45) is 5.84 Å². The number of benzene rings is 1. The Bertz CT molecular complexity index is 361. The molecule has 4 nitrogen and oxygen atoms in total. The van der Waals surface area contributed by atoms with Crippen LogP contribution in [0.2, 0.25) is 5.02 Å². The zero-order chi connectivity index (χ0) is 12.8. The lowest BCUT2D eigenvalue weighted by molar-refractivity contribution is -0.122. The molecule has 0 fully saturated rings. The number of methoxy groups -OCH3 is 2. The Morgan fingerprint density at radius 1 is 1.41 bits per heavy atom. The molecule has 0 saturated carbocycles. The number of halogens is 2. The largest absolute Gasteiger partial charge is 0.354 e. The maximum Gasteiger partial charge on any atom is 0.173 e. The summed E-state index contributed by atoms with van der Waals surface area (Å²) in [7, 11) is 2.99. The van der Waals surface area contributed by atoms with Crippen molar-refractivity contribution in [3.63, 3.8) is 0 Å². The average molecular weight is 263 g/mol. The first-order valence-corrected chi connectivity index (χ1v) is 5.45. The molecule has 1 unspecified atom stereocenters. The van der Waals surface area contributed by atoms with Crippen LogP contribution in [-0.2, 0) is 15.9 Å². The Morgan fingerprint density at radius 2 is 2.06 bits per heavy atom. The Morgan fingerprint density at radius 3 is 2.53 bits per heavy atom. The van der Waals surface area contributed by atoms with Crippen LogP contribution in [0.1, 0.15) is 5.56 Å². The van der Waals surface area contributed by atoms with Gasteiger partial charge in [-0.25, -0.2) is 4.39 Å². The molecule has 0 amide bonds. The van der Waals surface area contributed by atoms with Gasteiger partial charge in [-0.05, 0) is 24.1 Å². The average Bonchev–Trinajstić information content (AvgIpc) is 2.32. The van der Waals surface area contributed by atoms with Gasteiger partial charge in [0, 0.05) is 19.2 Å². The second kappa shape index (κ2) is 6.88. The zero-order valence-electron chi connectivity index (χ0n) is 9.74. The van der Waals surface area contributed by atoms with E-state index in [1.54, 1.807) is 12.1 Å². The molecule has 0 spiro atoms. The number of nitrogens with two attached hydrogens (primary N) is 1. The Kier molecular flexibility index (Phi) is 5.80. The normalized spacial score (nSPS) is 13.1. The van der Waals surface area contributed by atoms with Crippen LogP contribution in [0.3, 0.4) is 0 Å². The Balaban J connectivity index is 2.80. The van der Waals surface area contributed by atoms with E-state index in [4.69, 9.17) is 26.9 Å². The second-order valence-electron chi connectivity index (χ2n) is 3.55. The molecule has 1 rings (SSSR count). The van der Waals surface area contributed by atoms with E-state index in [0.29, 0.717) is 17.0 Å². The van der Waals surface area contributed by atoms with Crippen molar-refractivity contribution in [2.45, 2.75) is 18.8 Å². The third-order valence-electron chi connectivity index (χ3n) is 2.46. The standard InChI is InChI=1S/C11H16ClFN2O2/c1-16-11(17-2)10(15-14)5-7-3-4-8(12)6-9(7)13/h3-4,6,10-11,15H,5,14H2,1-2H3. The quantitative estimate of drug-likeness (QED) is 0.463. The van der Waals surface area contributed by atoms with E-state index < -0.39 is 6.29 Å². The van der Waals surface area contributed by atoms with Gasteiger partial charge in [0.25, 0.3) is 0 Å². The molecule has 0 aliphatic carbocycles. The molecule has 0 aliphatic heterocycles. The first kappa shape index (κ1) is 14.3. The van der Waals surface area contributed by atoms with E-state index in [2.05, 4.69) is 5.43 Å². The van der Waals surface area contributed by atoms with Crippen molar-refractivity contribution in [1.82, 2.24) is 5.43 Å². The van der Waals surface area contributed by atoms with Crippen molar-refractivity contribution < 1.29 is 13.9 Å². The van der Waals surface area contributed by atoms with E-state index >= 15 is 0 Å². The molecule has 96 valence electrons. The highest BCUT2D eigenvalue weighted by molar-refractivity contribution is 6.30. The van der Waals surface area contributed by atoms with E-state index in [0.717, 1.165) is 0 Å². The van der Waals surface area contributed by atoms with Crippen molar-refractivity contribution in [2.75, 3.05) is 14.2 Å². The molecule has 0 aliphatic rings. The number of hydrazine groups is 1. The molecule has 0 saturated heterocycles. The van der Waals surface area contributed by atoms with E-state index in [-0.39, 0.29) is 11.9 Å². The van der Waals surface area contributed by atoms with Gasteiger partial charge < -0.3 is 9.47 Å². The highest BCUT2D eigenvalue weighted by Gasteiger charge is 2.21. The van der Waals surface area contributed by atoms with Gasteiger partial charge >= 0.3 is 0 Å². The lowest BCUT2D eigenvalue weighted by atomic mass is 10.1. The van der Waals surface area contributed by atoms with Gasteiger partial charge in [-0.3, -0.25) is 11.3 Å². The van der Waals surface area contributed by atoms with Crippen molar-refractivity contribution in [3.8, 4) is 0 Å². The van der Waals surface area contributed by atoms with Crippen molar-refractivity contribution in [1.29, 1.82) is 0 Å². The number of rotatable bonds is 6. The van der Waals surface area contributed by atoms with Crippen LogP contribution in [0.4, 0.5) is 4.39 Å². The van der Waals surface area contributed by atoms with Crippen LogP contribution < -0.4 is 11.3 Å². The maximum absolute atomic E-state index is 13.6. The van der Waals surface area contributed by atoms with Crippen LogP contribution in [0.5, 0.6) is 0 Å². The van der Waals surface area contributed by atoms with Gasteiger partial charge in [0.15, 0.2) is 6.29 Å². The molecule has 0 radical (unpaired) electrons. The molecular formula is C11H16ClFN2O2. The first-order chi connectivity index (χ1) is 8.12. The molecule has 0 aromatic heterocycles. The summed E-state index contributed by atoms with van der Waals surface area (Å²) in [5.74, 6) is 5.02. The highest BCUT2D eigenvalue weighted by atomic mass is 35.5. The van der Waals surface area contributed by atoms with Gasteiger partial charge in [0.1, 0.15) is 5.82 Å². The van der Waals surface area contributed by atoms with Crippen molar-refractivity contribution in [3.05, 3.63) is 34.6 Å². The summed E-state index contributed by atoms with van der Waals surface area (Å²) < 4.78 is 23.7. The Labute approximate surface area is 105 Å². The number of ether oxygens (including phenoxy) is 2. The topological polar surface area (TPSA) is 56.5 Å². The number of hydrogen-bond donors (Lipinski definition) is 2. The summed E-state index contributed by atoms with van der Waals surface area (Å²) in [5, 5.41) is 0.360. The molecule has 17 heavy (non-hydrogen) atoms. The molecule has 3 N–H and O–H groups in total. The summed E-state index contributed by atoms with van der Waals surface area (Å²) in [5.41, 5.74) is 3.04. The lowest BCUT2D eigenvalue weighted by Crippen LogP contribution is -2.47. The number of hydrogen-bond acceptors (Lipinski definition) is 4. The van der Waals surface area contributed by atoms with Crippen LogP contribution >= 0.6 is 11.6 Å². The summed E-state index contributed by atoms with van der Waals surface area (Å²) in [6.45, 7) is 0. The second-order valence-corrected chi connectivity index (χ2v) is 3.99. The fraction of sp³-hybridized carbons (Fsp3) is 0.455. The first-order valence-electron chi connectivity index (χ1n) is 5.08. The molecule has 6 heteroatoms.